The van der Waals surface area contributed by atoms with Gasteiger partial charge in [0.1, 0.15) is 11.9 Å². The maximum absolute atomic E-state index is 9.66. The molecule has 1 aliphatic heterocycles. The molecular weight excluding hydrogens is 394 g/mol. The van der Waals surface area contributed by atoms with Crippen LogP contribution in [0.25, 0.3) is 0 Å². The Kier molecular flexibility index (Phi) is 6.23. The first-order chi connectivity index (χ1) is 14.7. The number of hydrogen-bond donors (Lipinski definition) is 2. The average Bonchev–Trinajstić information content (AvgIpc) is 3.20. The lowest BCUT2D eigenvalue weighted by molar-refractivity contribution is 0.250. The highest BCUT2D eigenvalue weighted by Gasteiger charge is 2.19. The van der Waals surface area contributed by atoms with Crippen molar-refractivity contribution >= 4 is 34.2 Å². The van der Waals surface area contributed by atoms with E-state index in [1.54, 1.807) is 11.6 Å². The van der Waals surface area contributed by atoms with Crippen LogP contribution < -0.4 is 16.1 Å². The number of nitrogen functional groups attached to an aromatic ring is 1. The Morgan fingerprint density at radius 1 is 1.17 bits per heavy atom. The summed E-state index contributed by atoms with van der Waals surface area (Å²) in [4.78, 5) is 8.84. The number of nitrogens with two attached hydrogens (primary N) is 1. The number of benzene rings is 2. The lowest BCUT2D eigenvalue weighted by Gasteiger charge is -2.36. The summed E-state index contributed by atoms with van der Waals surface area (Å²) in [6.07, 6.45) is 1.68. The summed E-state index contributed by atoms with van der Waals surface area (Å²) in [5.74, 6) is 0.470. The fraction of sp³-hybridized carbons (Fsp3) is 0.227. The number of rotatable bonds is 6. The average molecular weight is 418 g/mol. The summed E-state index contributed by atoms with van der Waals surface area (Å²) < 4.78 is 0. The molecule has 1 fully saturated rings. The molecule has 3 aromatic rings. The molecule has 8 heteroatoms. The molecule has 152 valence electrons. The highest BCUT2D eigenvalue weighted by Crippen LogP contribution is 2.23. The molecule has 0 aliphatic carbocycles. The maximum Gasteiger partial charge on any atom is 0.205 e. The summed E-state index contributed by atoms with van der Waals surface area (Å²) >= 11 is 1.39. The van der Waals surface area contributed by atoms with Gasteiger partial charge in [-0.05, 0) is 23.3 Å². The standard InChI is InChI=1S/C22H23N7S/c23-13-19-12-18(14-25-27-22-26-21(24)16-30-22)6-7-20(19)29-10-8-28(9-11-29)15-17-4-2-1-3-5-17/h1-7,12,14,16H,8-11,15,24H2,(H,26,27). The van der Waals surface area contributed by atoms with Gasteiger partial charge >= 0.3 is 0 Å². The van der Waals surface area contributed by atoms with Crippen LogP contribution in [0.3, 0.4) is 0 Å². The molecule has 3 N–H and O–H groups in total. The number of nitriles is 1. The maximum atomic E-state index is 9.66. The highest BCUT2D eigenvalue weighted by atomic mass is 32.1. The van der Waals surface area contributed by atoms with E-state index < -0.39 is 0 Å². The van der Waals surface area contributed by atoms with Crippen LogP contribution in [0.5, 0.6) is 0 Å². The molecule has 30 heavy (non-hydrogen) atoms. The Hall–Kier alpha value is -3.41. The van der Waals surface area contributed by atoms with Gasteiger partial charge in [0.2, 0.25) is 5.13 Å². The minimum absolute atomic E-state index is 0.470. The van der Waals surface area contributed by atoms with E-state index in [0.717, 1.165) is 44.0 Å². The predicted octanol–water partition coefficient (Wildman–Crippen LogP) is 3.37. The van der Waals surface area contributed by atoms with Gasteiger partial charge in [-0.1, -0.05) is 36.4 Å². The summed E-state index contributed by atoms with van der Waals surface area (Å²) in [7, 11) is 0. The second-order valence-electron chi connectivity index (χ2n) is 7.08. The summed E-state index contributed by atoms with van der Waals surface area (Å²) in [5, 5.41) is 16.2. The van der Waals surface area contributed by atoms with E-state index in [1.807, 2.05) is 24.3 Å². The van der Waals surface area contributed by atoms with Gasteiger partial charge < -0.3 is 10.6 Å². The van der Waals surface area contributed by atoms with Gasteiger partial charge in [0, 0.05) is 38.1 Å². The number of hydrazone groups is 1. The molecule has 7 nitrogen and oxygen atoms in total. The van der Waals surface area contributed by atoms with Gasteiger partial charge in [-0.15, -0.1) is 11.3 Å². The van der Waals surface area contributed by atoms with Crippen molar-refractivity contribution in [1.82, 2.24) is 9.88 Å². The molecule has 0 radical (unpaired) electrons. The van der Waals surface area contributed by atoms with Crippen LogP contribution in [-0.2, 0) is 6.54 Å². The minimum Gasteiger partial charge on any atom is -0.383 e. The van der Waals surface area contributed by atoms with E-state index in [1.165, 1.54) is 16.9 Å². The van der Waals surface area contributed by atoms with Crippen molar-refractivity contribution in [2.75, 3.05) is 42.2 Å². The van der Waals surface area contributed by atoms with E-state index in [-0.39, 0.29) is 0 Å². The van der Waals surface area contributed by atoms with Gasteiger partial charge in [-0.2, -0.15) is 10.4 Å². The third kappa shape index (κ3) is 4.95. The number of nitrogens with one attached hydrogen (secondary N) is 1. The first kappa shape index (κ1) is 19.9. The normalized spacial score (nSPS) is 14.7. The molecule has 4 rings (SSSR count). The SMILES string of the molecule is N#Cc1cc(C=NNc2nc(N)cs2)ccc1N1CCN(Cc2ccccc2)CC1. The zero-order valence-corrected chi connectivity index (χ0v) is 17.3. The largest absolute Gasteiger partial charge is 0.383 e. The number of hydrogen-bond acceptors (Lipinski definition) is 8. The molecule has 0 atom stereocenters. The molecule has 1 aliphatic rings. The van der Waals surface area contributed by atoms with Gasteiger partial charge in [-0.3, -0.25) is 10.3 Å². The molecule has 0 amide bonds. The van der Waals surface area contributed by atoms with Crippen LogP contribution in [0.1, 0.15) is 16.7 Å². The van der Waals surface area contributed by atoms with Crippen molar-refractivity contribution in [3.05, 3.63) is 70.6 Å². The fourth-order valence-electron chi connectivity index (χ4n) is 3.49. The zero-order chi connectivity index (χ0) is 20.8. The molecule has 2 aromatic carbocycles. The van der Waals surface area contributed by atoms with Crippen molar-refractivity contribution in [3.63, 3.8) is 0 Å². The molecule has 1 saturated heterocycles. The van der Waals surface area contributed by atoms with Crippen LogP contribution in [-0.4, -0.2) is 42.3 Å². The summed E-state index contributed by atoms with van der Waals surface area (Å²) in [6.45, 7) is 4.73. The second-order valence-corrected chi connectivity index (χ2v) is 7.94. The Labute approximate surface area is 180 Å². The van der Waals surface area contributed by atoms with Gasteiger partial charge in [0.15, 0.2) is 0 Å². The highest BCUT2D eigenvalue weighted by molar-refractivity contribution is 7.14. The van der Waals surface area contributed by atoms with E-state index in [9.17, 15) is 5.26 Å². The quantitative estimate of drug-likeness (QED) is 0.472. The monoisotopic (exact) mass is 417 g/mol. The second kappa shape index (κ2) is 9.39. The van der Waals surface area contributed by atoms with Crippen LogP contribution in [0.15, 0.2) is 59.0 Å². The number of piperazine rings is 1. The summed E-state index contributed by atoms with van der Waals surface area (Å²) in [5.41, 5.74) is 12.3. The fourth-order valence-corrected chi connectivity index (χ4v) is 4.04. The molecule has 0 spiro atoms. The van der Waals surface area contributed by atoms with E-state index >= 15 is 0 Å². The Morgan fingerprint density at radius 2 is 1.97 bits per heavy atom. The lowest BCUT2D eigenvalue weighted by Crippen LogP contribution is -2.46. The third-order valence-electron chi connectivity index (χ3n) is 5.00. The van der Waals surface area contributed by atoms with Crippen molar-refractivity contribution in [3.8, 4) is 6.07 Å². The molecule has 1 aromatic heterocycles. The number of nitrogens with zero attached hydrogens (tertiary/aromatic N) is 5. The minimum atomic E-state index is 0.470. The van der Waals surface area contributed by atoms with Crippen LogP contribution >= 0.6 is 11.3 Å². The Morgan fingerprint density at radius 3 is 2.67 bits per heavy atom. The smallest absolute Gasteiger partial charge is 0.205 e. The van der Waals surface area contributed by atoms with E-state index in [4.69, 9.17) is 5.73 Å². The Balaban J connectivity index is 1.37. The van der Waals surface area contributed by atoms with Crippen molar-refractivity contribution in [2.45, 2.75) is 6.54 Å². The Bertz CT molecular complexity index is 1050. The van der Waals surface area contributed by atoms with E-state index in [2.05, 4.69) is 55.6 Å². The topological polar surface area (TPSA) is 93.6 Å². The third-order valence-corrected chi connectivity index (χ3v) is 5.76. The summed E-state index contributed by atoms with van der Waals surface area (Å²) in [6, 6.07) is 18.7. The van der Waals surface area contributed by atoms with Crippen molar-refractivity contribution in [1.29, 1.82) is 5.26 Å². The van der Waals surface area contributed by atoms with Crippen molar-refractivity contribution < 1.29 is 0 Å². The van der Waals surface area contributed by atoms with Crippen LogP contribution in [0, 0.1) is 11.3 Å². The van der Waals surface area contributed by atoms with Crippen LogP contribution in [0.2, 0.25) is 0 Å². The van der Waals surface area contributed by atoms with Gasteiger partial charge in [-0.25, -0.2) is 4.98 Å². The molecule has 0 saturated carbocycles. The number of aromatic nitrogens is 1. The van der Waals surface area contributed by atoms with Gasteiger partial charge in [0.25, 0.3) is 0 Å². The molecule has 0 bridgehead atoms. The molecule has 0 unspecified atom stereocenters. The first-order valence-corrected chi connectivity index (χ1v) is 10.6. The lowest BCUT2D eigenvalue weighted by atomic mass is 10.1. The van der Waals surface area contributed by atoms with Crippen molar-refractivity contribution in [2.24, 2.45) is 5.10 Å². The molecule has 2 heterocycles. The molecular formula is C22H23N7S. The zero-order valence-electron chi connectivity index (χ0n) is 16.5. The van der Waals surface area contributed by atoms with Gasteiger partial charge in [0.05, 0.1) is 17.5 Å². The predicted molar refractivity (Wildman–Crippen MR) is 123 cm³/mol. The number of anilines is 3. The van der Waals surface area contributed by atoms with E-state index in [0.29, 0.717) is 16.5 Å². The number of thiazole rings is 1. The van der Waals surface area contributed by atoms with Crippen LogP contribution in [0.4, 0.5) is 16.6 Å². The first-order valence-electron chi connectivity index (χ1n) is 9.77.